The van der Waals surface area contributed by atoms with Gasteiger partial charge in [0.15, 0.2) is 0 Å². The highest BCUT2D eigenvalue weighted by molar-refractivity contribution is 6.30. The van der Waals surface area contributed by atoms with E-state index in [0.717, 1.165) is 25.7 Å². The molecule has 94 valence electrons. The number of halogens is 1. The predicted octanol–water partition coefficient (Wildman–Crippen LogP) is 2.06. The van der Waals surface area contributed by atoms with Gasteiger partial charge in [-0.2, -0.15) is 0 Å². The Morgan fingerprint density at radius 1 is 1.41 bits per heavy atom. The van der Waals surface area contributed by atoms with Gasteiger partial charge in [-0.3, -0.25) is 4.79 Å². The molecular weight excluding hydrogens is 238 g/mol. The second kappa shape index (κ2) is 5.56. The van der Waals surface area contributed by atoms with E-state index in [9.17, 15) is 4.79 Å². The maximum Gasteiger partial charge on any atom is 0.268 e. The number of amides is 1. The van der Waals surface area contributed by atoms with Crippen LogP contribution in [0.1, 0.15) is 42.6 Å². The fourth-order valence-electron chi connectivity index (χ4n) is 2.26. The first-order valence-electron chi connectivity index (χ1n) is 6.07. The Kier molecular flexibility index (Phi) is 4.07. The molecule has 2 unspecified atom stereocenters. The third kappa shape index (κ3) is 3.23. The standard InChI is InChI=1S/C12H18ClN3O/c13-8-6-11(15-7-8)12(17)16-10-5-3-1-2-4-9(10)14/h6-7,9-10,15H,1-5,14H2,(H,16,17). The van der Waals surface area contributed by atoms with E-state index < -0.39 is 0 Å². The van der Waals surface area contributed by atoms with Crippen molar-refractivity contribution >= 4 is 17.5 Å². The van der Waals surface area contributed by atoms with Gasteiger partial charge in [0, 0.05) is 18.3 Å². The predicted molar refractivity (Wildman–Crippen MR) is 68.1 cm³/mol. The monoisotopic (exact) mass is 255 g/mol. The minimum atomic E-state index is -0.126. The highest BCUT2D eigenvalue weighted by Crippen LogP contribution is 2.17. The molecule has 1 fully saturated rings. The molecule has 1 heterocycles. The van der Waals surface area contributed by atoms with Crippen LogP contribution in [-0.2, 0) is 0 Å². The number of nitrogens with one attached hydrogen (secondary N) is 2. The maximum absolute atomic E-state index is 11.9. The van der Waals surface area contributed by atoms with Crippen molar-refractivity contribution in [1.82, 2.24) is 10.3 Å². The summed E-state index contributed by atoms with van der Waals surface area (Å²) in [7, 11) is 0. The average molecular weight is 256 g/mol. The first-order chi connectivity index (χ1) is 8.16. The molecule has 0 aromatic carbocycles. The van der Waals surface area contributed by atoms with Crippen LogP contribution < -0.4 is 11.1 Å². The van der Waals surface area contributed by atoms with Gasteiger partial charge in [0.05, 0.1) is 5.02 Å². The maximum atomic E-state index is 11.9. The molecule has 2 atom stereocenters. The zero-order chi connectivity index (χ0) is 12.3. The molecule has 17 heavy (non-hydrogen) atoms. The molecule has 1 aliphatic carbocycles. The van der Waals surface area contributed by atoms with Crippen LogP contribution in [-0.4, -0.2) is 23.0 Å². The first-order valence-corrected chi connectivity index (χ1v) is 6.45. The van der Waals surface area contributed by atoms with Crippen LogP contribution in [0.15, 0.2) is 12.3 Å². The van der Waals surface area contributed by atoms with Gasteiger partial charge in [-0.15, -0.1) is 0 Å². The van der Waals surface area contributed by atoms with E-state index in [4.69, 9.17) is 17.3 Å². The molecule has 5 heteroatoms. The number of carbonyl (C=O) groups excluding carboxylic acids is 1. The number of nitrogens with two attached hydrogens (primary N) is 1. The lowest BCUT2D eigenvalue weighted by molar-refractivity contribution is 0.0924. The van der Waals surface area contributed by atoms with Gasteiger partial charge < -0.3 is 16.0 Å². The lowest BCUT2D eigenvalue weighted by Crippen LogP contribution is -2.47. The Labute approximate surface area is 106 Å². The zero-order valence-electron chi connectivity index (χ0n) is 9.71. The number of H-pyrrole nitrogens is 1. The minimum absolute atomic E-state index is 0.0619. The van der Waals surface area contributed by atoms with Crippen molar-refractivity contribution in [2.24, 2.45) is 5.73 Å². The van der Waals surface area contributed by atoms with E-state index in [2.05, 4.69) is 10.3 Å². The fraction of sp³-hybridized carbons (Fsp3) is 0.583. The summed E-state index contributed by atoms with van der Waals surface area (Å²) in [5.74, 6) is -0.126. The number of hydrogen-bond acceptors (Lipinski definition) is 2. The van der Waals surface area contributed by atoms with Gasteiger partial charge in [-0.1, -0.05) is 30.9 Å². The zero-order valence-corrected chi connectivity index (χ0v) is 10.5. The summed E-state index contributed by atoms with van der Waals surface area (Å²) in [4.78, 5) is 14.8. The molecule has 1 amide bonds. The molecule has 0 radical (unpaired) electrons. The molecule has 1 aromatic heterocycles. The van der Waals surface area contributed by atoms with Crippen LogP contribution in [0.5, 0.6) is 0 Å². The van der Waals surface area contributed by atoms with Crippen LogP contribution >= 0.6 is 11.6 Å². The topological polar surface area (TPSA) is 70.9 Å². The quantitative estimate of drug-likeness (QED) is 0.708. The molecular formula is C12H18ClN3O. The number of carbonyl (C=O) groups is 1. The highest BCUT2D eigenvalue weighted by Gasteiger charge is 2.22. The third-order valence-electron chi connectivity index (χ3n) is 3.28. The van der Waals surface area contributed by atoms with Gasteiger partial charge in [-0.05, 0) is 18.9 Å². The Morgan fingerprint density at radius 2 is 2.18 bits per heavy atom. The van der Waals surface area contributed by atoms with Crippen LogP contribution in [0.3, 0.4) is 0 Å². The summed E-state index contributed by atoms with van der Waals surface area (Å²) < 4.78 is 0. The molecule has 4 nitrogen and oxygen atoms in total. The Hall–Kier alpha value is -1.00. The van der Waals surface area contributed by atoms with Crippen molar-refractivity contribution < 1.29 is 4.79 Å². The minimum Gasteiger partial charge on any atom is -0.356 e. The molecule has 0 saturated heterocycles. The molecule has 4 N–H and O–H groups in total. The normalized spacial score (nSPS) is 25.3. The van der Waals surface area contributed by atoms with Crippen molar-refractivity contribution in [2.45, 2.75) is 44.2 Å². The van der Waals surface area contributed by atoms with Crippen LogP contribution in [0.2, 0.25) is 5.02 Å². The summed E-state index contributed by atoms with van der Waals surface area (Å²) in [5, 5.41) is 3.53. The fourth-order valence-corrected chi connectivity index (χ4v) is 2.42. The molecule has 1 aromatic rings. The van der Waals surface area contributed by atoms with Gasteiger partial charge in [0.25, 0.3) is 5.91 Å². The first kappa shape index (κ1) is 12.5. The van der Waals surface area contributed by atoms with Gasteiger partial charge in [0.2, 0.25) is 0 Å². The van der Waals surface area contributed by atoms with Gasteiger partial charge in [0.1, 0.15) is 5.69 Å². The Bertz CT molecular complexity index is 391. The van der Waals surface area contributed by atoms with E-state index >= 15 is 0 Å². The second-order valence-electron chi connectivity index (χ2n) is 4.61. The Morgan fingerprint density at radius 3 is 2.88 bits per heavy atom. The van der Waals surface area contributed by atoms with E-state index in [1.165, 1.54) is 6.42 Å². The number of hydrogen-bond donors (Lipinski definition) is 3. The van der Waals surface area contributed by atoms with Crippen molar-refractivity contribution in [1.29, 1.82) is 0 Å². The van der Waals surface area contributed by atoms with Crippen molar-refractivity contribution in [2.75, 3.05) is 0 Å². The van der Waals surface area contributed by atoms with E-state index in [0.29, 0.717) is 10.7 Å². The number of rotatable bonds is 2. The van der Waals surface area contributed by atoms with Gasteiger partial charge >= 0.3 is 0 Å². The molecule has 1 saturated carbocycles. The third-order valence-corrected chi connectivity index (χ3v) is 3.50. The summed E-state index contributed by atoms with van der Waals surface area (Å²) in [6.07, 6.45) is 7.03. The lowest BCUT2D eigenvalue weighted by atomic mass is 10.0. The van der Waals surface area contributed by atoms with Crippen molar-refractivity contribution in [3.8, 4) is 0 Å². The number of aromatic amines is 1. The van der Waals surface area contributed by atoms with E-state index in [1.54, 1.807) is 12.3 Å². The second-order valence-corrected chi connectivity index (χ2v) is 5.05. The average Bonchev–Trinajstić information content (AvgIpc) is 2.63. The smallest absolute Gasteiger partial charge is 0.268 e. The van der Waals surface area contributed by atoms with Crippen LogP contribution in [0.25, 0.3) is 0 Å². The van der Waals surface area contributed by atoms with Crippen LogP contribution in [0.4, 0.5) is 0 Å². The number of aromatic nitrogens is 1. The van der Waals surface area contributed by atoms with Crippen molar-refractivity contribution in [3.63, 3.8) is 0 Å². The van der Waals surface area contributed by atoms with E-state index in [-0.39, 0.29) is 18.0 Å². The molecule has 1 aliphatic rings. The molecule has 0 spiro atoms. The van der Waals surface area contributed by atoms with E-state index in [1.807, 2.05) is 0 Å². The SMILES string of the molecule is NC1CCCCCC1NC(=O)c1cc(Cl)c[nH]1. The molecule has 0 bridgehead atoms. The largest absolute Gasteiger partial charge is 0.356 e. The Balaban J connectivity index is 1.97. The van der Waals surface area contributed by atoms with Crippen molar-refractivity contribution in [3.05, 3.63) is 23.0 Å². The summed E-state index contributed by atoms with van der Waals surface area (Å²) in [5.41, 5.74) is 6.55. The van der Waals surface area contributed by atoms with Crippen LogP contribution in [0, 0.1) is 0 Å². The molecule has 0 aliphatic heterocycles. The summed E-state index contributed by atoms with van der Waals surface area (Å²) in [6.45, 7) is 0. The molecule has 2 rings (SSSR count). The summed E-state index contributed by atoms with van der Waals surface area (Å²) >= 11 is 5.77. The summed E-state index contributed by atoms with van der Waals surface area (Å²) in [6, 6.07) is 1.76. The van der Waals surface area contributed by atoms with Gasteiger partial charge in [-0.25, -0.2) is 0 Å². The lowest BCUT2D eigenvalue weighted by Gasteiger charge is -2.22. The highest BCUT2D eigenvalue weighted by atomic mass is 35.5.